The zero-order chi connectivity index (χ0) is 23.4. The standard InChI is InChI=1S/C23H26N8O2/c1-15(14-31-7-4-8-31)26-22(32)21-12-20(29-30(21)2)19-5-6-25-23(28-19)27-17-9-16(13-24)10-18(11-17)33-3/h5-6,9-12,15H,4,7-8,14H2,1-3H3,(H,26,32)(H,25,27,28). The lowest BCUT2D eigenvalue weighted by atomic mass is 10.2. The van der Waals surface area contributed by atoms with E-state index < -0.39 is 0 Å². The summed E-state index contributed by atoms with van der Waals surface area (Å²) in [6, 6.07) is 10.7. The van der Waals surface area contributed by atoms with Gasteiger partial charge in [-0.2, -0.15) is 10.4 Å². The topological polar surface area (TPSA) is 121 Å². The van der Waals surface area contributed by atoms with Crippen LogP contribution in [0, 0.1) is 11.3 Å². The lowest BCUT2D eigenvalue weighted by Crippen LogP contribution is -2.47. The zero-order valence-electron chi connectivity index (χ0n) is 18.9. The number of nitrogens with one attached hydrogen (secondary N) is 2. The first-order valence-corrected chi connectivity index (χ1v) is 10.7. The van der Waals surface area contributed by atoms with Gasteiger partial charge in [-0.15, -0.1) is 0 Å². The summed E-state index contributed by atoms with van der Waals surface area (Å²) in [4.78, 5) is 23.9. The molecule has 1 aliphatic rings. The molecule has 3 heterocycles. The van der Waals surface area contributed by atoms with E-state index in [9.17, 15) is 10.1 Å². The van der Waals surface area contributed by atoms with Crippen molar-refractivity contribution in [2.45, 2.75) is 19.4 Å². The molecular weight excluding hydrogens is 420 g/mol. The van der Waals surface area contributed by atoms with E-state index in [1.54, 1.807) is 48.3 Å². The van der Waals surface area contributed by atoms with Crippen LogP contribution in [0.1, 0.15) is 29.4 Å². The van der Waals surface area contributed by atoms with E-state index in [0.717, 1.165) is 19.6 Å². The van der Waals surface area contributed by atoms with Crippen molar-refractivity contribution in [3.63, 3.8) is 0 Å². The predicted octanol–water partition coefficient (Wildman–Crippen LogP) is 2.32. The number of aryl methyl sites for hydroxylation is 1. The molecule has 0 spiro atoms. The first kappa shape index (κ1) is 22.2. The van der Waals surface area contributed by atoms with Crippen LogP contribution in [0.5, 0.6) is 5.75 Å². The van der Waals surface area contributed by atoms with Crippen LogP contribution in [0.25, 0.3) is 11.4 Å². The van der Waals surface area contributed by atoms with Crippen LogP contribution in [0.2, 0.25) is 0 Å². The van der Waals surface area contributed by atoms with Gasteiger partial charge < -0.3 is 20.3 Å². The highest BCUT2D eigenvalue weighted by atomic mass is 16.5. The number of ether oxygens (including phenoxy) is 1. The van der Waals surface area contributed by atoms with Crippen LogP contribution in [0.3, 0.4) is 0 Å². The van der Waals surface area contributed by atoms with Crippen LogP contribution in [-0.2, 0) is 7.05 Å². The van der Waals surface area contributed by atoms with Crippen molar-refractivity contribution < 1.29 is 9.53 Å². The molecule has 0 radical (unpaired) electrons. The molecule has 0 saturated carbocycles. The highest BCUT2D eigenvalue weighted by molar-refractivity contribution is 5.93. The first-order chi connectivity index (χ1) is 15.9. The lowest BCUT2D eigenvalue weighted by molar-refractivity contribution is 0.0905. The Bertz CT molecular complexity index is 1200. The lowest BCUT2D eigenvalue weighted by Gasteiger charge is -2.33. The van der Waals surface area contributed by atoms with Crippen LogP contribution in [-0.4, -0.2) is 63.3 Å². The fourth-order valence-corrected chi connectivity index (χ4v) is 3.64. The van der Waals surface area contributed by atoms with Crippen molar-refractivity contribution in [3.8, 4) is 23.2 Å². The minimum Gasteiger partial charge on any atom is -0.497 e. The number of methoxy groups -OCH3 is 1. The van der Waals surface area contributed by atoms with E-state index in [1.807, 2.05) is 6.92 Å². The van der Waals surface area contributed by atoms with Gasteiger partial charge in [0.25, 0.3) is 5.91 Å². The number of rotatable bonds is 8. The molecule has 1 fully saturated rings. The maximum Gasteiger partial charge on any atom is 0.269 e. The maximum atomic E-state index is 12.8. The SMILES string of the molecule is COc1cc(C#N)cc(Nc2nccc(-c3cc(C(=O)NC(C)CN4CCC4)n(C)n3)n2)c1. The van der Waals surface area contributed by atoms with Gasteiger partial charge in [-0.3, -0.25) is 9.48 Å². The Morgan fingerprint density at radius 1 is 1.27 bits per heavy atom. The molecule has 1 amide bonds. The largest absolute Gasteiger partial charge is 0.497 e. The number of hydrogen-bond donors (Lipinski definition) is 2. The maximum absolute atomic E-state index is 12.8. The predicted molar refractivity (Wildman–Crippen MR) is 123 cm³/mol. The van der Waals surface area contributed by atoms with E-state index in [4.69, 9.17) is 4.74 Å². The molecule has 1 saturated heterocycles. The Morgan fingerprint density at radius 3 is 2.79 bits per heavy atom. The highest BCUT2D eigenvalue weighted by Gasteiger charge is 2.20. The number of carbonyl (C=O) groups is 1. The van der Waals surface area contributed by atoms with E-state index in [-0.39, 0.29) is 11.9 Å². The van der Waals surface area contributed by atoms with Crippen LogP contribution in [0.15, 0.2) is 36.5 Å². The zero-order valence-corrected chi connectivity index (χ0v) is 18.9. The fourth-order valence-electron chi connectivity index (χ4n) is 3.64. The van der Waals surface area contributed by atoms with Crippen molar-refractivity contribution >= 4 is 17.5 Å². The summed E-state index contributed by atoms with van der Waals surface area (Å²) in [5.41, 5.74) is 2.67. The smallest absolute Gasteiger partial charge is 0.269 e. The Kier molecular flexibility index (Phi) is 6.51. The van der Waals surface area contributed by atoms with Gasteiger partial charge in [0.1, 0.15) is 17.1 Å². The van der Waals surface area contributed by atoms with Gasteiger partial charge in [0.15, 0.2) is 0 Å². The summed E-state index contributed by atoms with van der Waals surface area (Å²) in [6.45, 7) is 5.03. The molecule has 2 aromatic heterocycles. The summed E-state index contributed by atoms with van der Waals surface area (Å²) in [6.07, 6.45) is 2.83. The Hall–Kier alpha value is -3.97. The number of benzene rings is 1. The van der Waals surface area contributed by atoms with E-state index >= 15 is 0 Å². The van der Waals surface area contributed by atoms with Crippen molar-refractivity contribution in [3.05, 3.63) is 47.8 Å². The minimum atomic E-state index is -0.169. The van der Waals surface area contributed by atoms with Gasteiger partial charge in [0.05, 0.1) is 24.4 Å². The van der Waals surface area contributed by atoms with Gasteiger partial charge >= 0.3 is 0 Å². The summed E-state index contributed by atoms with van der Waals surface area (Å²) in [5, 5.41) is 19.8. The Labute approximate surface area is 192 Å². The van der Waals surface area contributed by atoms with Crippen LogP contribution >= 0.6 is 0 Å². The highest BCUT2D eigenvalue weighted by Crippen LogP contribution is 2.24. The molecular formula is C23H26N8O2. The van der Waals surface area contributed by atoms with E-state index in [0.29, 0.717) is 40.0 Å². The van der Waals surface area contributed by atoms with Crippen molar-refractivity contribution in [1.82, 2.24) is 30.0 Å². The first-order valence-electron chi connectivity index (χ1n) is 10.7. The van der Waals surface area contributed by atoms with Gasteiger partial charge in [-0.05, 0) is 50.7 Å². The van der Waals surface area contributed by atoms with Crippen LogP contribution < -0.4 is 15.4 Å². The van der Waals surface area contributed by atoms with Gasteiger partial charge in [0, 0.05) is 37.6 Å². The summed E-state index contributed by atoms with van der Waals surface area (Å²) in [5.74, 6) is 0.720. The molecule has 170 valence electrons. The minimum absolute atomic E-state index is 0.0483. The van der Waals surface area contributed by atoms with Crippen molar-refractivity contribution in [2.24, 2.45) is 7.05 Å². The summed E-state index contributed by atoms with van der Waals surface area (Å²) >= 11 is 0. The third kappa shape index (κ3) is 5.27. The van der Waals surface area contributed by atoms with E-state index in [1.165, 1.54) is 13.5 Å². The molecule has 1 aliphatic heterocycles. The number of aromatic nitrogens is 4. The third-order valence-corrected chi connectivity index (χ3v) is 5.42. The second kappa shape index (κ2) is 9.67. The molecule has 10 nitrogen and oxygen atoms in total. The number of hydrogen-bond acceptors (Lipinski definition) is 8. The normalized spacial score (nSPS) is 14.1. The van der Waals surface area contributed by atoms with E-state index in [2.05, 4.69) is 36.7 Å². The molecule has 2 N–H and O–H groups in total. The molecule has 3 aromatic rings. The molecule has 1 atom stereocenters. The molecule has 0 aliphatic carbocycles. The van der Waals surface area contributed by atoms with Crippen molar-refractivity contribution in [1.29, 1.82) is 5.26 Å². The molecule has 1 aromatic carbocycles. The monoisotopic (exact) mass is 446 g/mol. The summed E-state index contributed by atoms with van der Waals surface area (Å²) < 4.78 is 6.79. The fraction of sp³-hybridized carbons (Fsp3) is 0.348. The Morgan fingerprint density at radius 2 is 2.09 bits per heavy atom. The third-order valence-electron chi connectivity index (χ3n) is 5.42. The van der Waals surface area contributed by atoms with Crippen molar-refractivity contribution in [2.75, 3.05) is 32.1 Å². The molecule has 4 rings (SSSR count). The molecule has 33 heavy (non-hydrogen) atoms. The number of carbonyl (C=O) groups excluding carboxylic acids is 1. The number of nitrogens with zero attached hydrogens (tertiary/aromatic N) is 6. The number of anilines is 2. The average molecular weight is 447 g/mol. The quantitative estimate of drug-likeness (QED) is 0.541. The second-order valence-corrected chi connectivity index (χ2v) is 8.02. The molecule has 1 unspecified atom stereocenters. The number of likely N-dealkylation sites (tertiary alicyclic amines) is 1. The second-order valence-electron chi connectivity index (χ2n) is 8.02. The van der Waals surface area contributed by atoms with Gasteiger partial charge in [-0.1, -0.05) is 0 Å². The molecule has 10 heteroatoms. The average Bonchev–Trinajstić information content (AvgIpc) is 3.18. The van der Waals surface area contributed by atoms with Crippen LogP contribution in [0.4, 0.5) is 11.6 Å². The van der Waals surface area contributed by atoms with Gasteiger partial charge in [-0.25, -0.2) is 9.97 Å². The molecule has 0 bridgehead atoms. The Balaban J connectivity index is 1.49. The number of amides is 1. The van der Waals surface area contributed by atoms with Gasteiger partial charge in [0.2, 0.25) is 5.95 Å². The summed E-state index contributed by atoms with van der Waals surface area (Å²) in [7, 11) is 3.27. The number of nitriles is 1.